The van der Waals surface area contributed by atoms with Gasteiger partial charge in [0.1, 0.15) is 16.9 Å². The minimum atomic E-state index is -0.435. The molecule has 1 aliphatic heterocycles. The number of nitrogens with one attached hydrogen (secondary N) is 2. The number of pyridine rings is 1. The number of carbonyl (C=O) groups excluding carboxylic acids is 2. The van der Waals surface area contributed by atoms with Gasteiger partial charge in [0.25, 0.3) is 11.5 Å². The molecule has 0 spiro atoms. The van der Waals surface area contributed by atoms with Crippen molar-refractivity contribution in [3.05, 3.63) is 69.3 Å². The number of thioether (sulfide) groups is 1. The predicted octanol–water partition coefficient (Wildman–Crippen LogP) is 2.69. The number of H-pyrrole nitrogens is 1. The molecule has 0 radical (unpaired) electrons. The van der Waals surface area contributed by atoms with Crippen LogP contribution in [0.3, 0.4) is 0 Å². The van der Waals surface area contributed by atoms with Crippen LogP contribution < -0.4 is 10.9 Å². The summed E-state index contributed by atoms with van der Waals surface area (Å²) in [7, 11) is 0. The van der Waals surface area contributed by atoms with Crippen molar-refractivity contribution in [3.63, 3.8) is 0 Å². The molecule has 2 aromatic heterocycles. The number of aromatic nitrogens is 1. The van der Waals surface area contributed by atoms with Crippen molar-refractivity contribution >= 4 is 34.5 Å². The van der Waals surface area contributed by atoms with E-state index in [0.717, 1.165) is 22.3 Å². The third-order valence-corrected chi connectivity index (χ3v) is 6.06. The van der Waals surface area contributed by atoms with E-state index in [-0.39, 0.29) is 18.0 Å². The highest BCUT2D eigenvalue weighted by Gasteiger charge is 2.26. The number of hydrogen-bond donors (Lipinski definition) is 2. The van der Waals surface area contributed by atoms with Gasteiger partial charge in [-0.25, -0.2) is 0 Å². The Hall–Kier alpha value is -3.00. The SMILES string of the molecule is CCSCC(=O)N1CCc2c(c[nH]c(=O)c2C(=O)NCc2cc3ccccc3o2)C1. The van der Waals surface area contributed by atoms with Crippen LogP contribution >= 0.6 is 11.8 Å². The van der Waals surface area contributed by atoms with Gasteiger partial charge in [0.2, 0.25) is 5.91 Å². The lowest BCUT2D eigenvalue weighted by molar-refractivity contribution is -0.129. The highest BCUT2D eigenvalue weighted by molar-refractivity contribution is 7.99. The zero-order valence-electron chi connectivity index (χ0n) is 16.7. The Morgan fingerprint density at radius 2 is 2.13 bits per heavy atom. The summed E-state index contributed by atoms with van der Waals surface area (Å²) in [6.07, 6.45) is 2.09. The first kappa shape index (κ1) is 20.3. The number of hydrogen-bond acceptors (Lipinski definition) is 5. The van der Waals surface area contributed by atoms with E-state index in [4.69, 9.17) is 4.42 Å². The van der Waals surface area contributed by atoms with E-state index < -0.39 is 11.5 Å². The maximum Gasteiger partial charge on any atom is 0.261 e. The zero-order chi connectivity index (χ0) is 21.1. The van der Waals surface area contributed by atoms with Crippen LogP contribution in [0.1, 0.15) is 34.2 Å². The third kappa shape index (κ3) is 4.14. The van der Waals surface area contributed by atoms with Crippen molar-refractivity contribution in [3.8, 4) is 0 Å². The maximum atomic E-state index is 12.8. The Kier molecular flexibility index (Phi) is 5.94. The predicted molar refractivity (Wildman–Crippen MR) is 117 cm³/mol. The lowest BCUT2D eigenvalue weighted by Gasteiger charge is -2.29. The van der Waals surface area contributed by atoms with E-state index in [9.17, 15) is 14.4 Å². The number of benzene rings is 1. The first-order valence-corrected chi connectivity index (χ1v) is 11.1. The zero-order valence-corrected chi connectivity index (χ0v) is 17.5. The van der Waals surface area contributed by atoms with Crippen LogP contribution in [0.4, 0.5) is 0 Å². The molecule has 0 saturated carbocycles. The number of para-hydroxylation sites is 1. The van der Waals surface area contributed by atoms with E-state index in [1.54, 1.807) is 22.9 Å². The second-order valence-electron chi connectivity index (χ2n) is 7.13. The first-order valence-electron chi connectivity index (χ1n) is 9.91. The van der Waals surface area contributed by atoms with Gasteiger partial charge < -0.3 is 19.6 Å². The van der Waals surface area contributed by atoms with E-state index in [1.807, 2.05) is 37.3 Å². The molecule has 3 heterocycles. The highest BCUT2D eigenvalue weighted by Crippen LogP contribution is 2.22. The Labute approximate surface area is 177 Å². The molecular formula is C22H23N3O4S. The summed E-state index contributed by atoms with van der Waals surface area (Å²) in [5.74, 6) is 1.60. The van der Waals surface area contributed by atoms with Crippen LogP contribution in [0.5, 0.6) is 0 Å². The molecule has 8 heteroatoms. The Morgan fingerprint density at radius 1 is 1.30 bits per heavy atom. The van der Waals surface area contributed by atoms with Crippen LogP contribution in [0.15, 0.2) is 45.7 Å². The largest absolute Gasteiger partial charge is 0.459 e. The maximum absolute atomic E-state index is 12.8. The lowest BCUT2D eigenvalue weighted by atomic mass is 9.96. The average molecular weight is 426 g/mol. The van der Waals surface area contributed by atoms with Gasteiger partial charge in [-0.1, -0.05) is 25.1 Å². The monoisotopic (exact) mass is 425 g/mol. The van der Waals surface area contributed by atoms with Gasteiger partial charge in [-0.2, -0.15) is 11.8 Å². The molecule has 0 bridgehead atoms. The molecule has 0 atom stereocenters. The summed E-state index contributed by atoms with van der Waals surface area (Å²) >= 11 is 1.59. The number of rotatable bonds is 6. The topological polar surface area (TPSA) is 95.4 Å². The molecule has 0 fully saturated rings. The van der Waals surface area contributed by atoms with Crippen molar-refractivity contribution in [2.45, 2.75) is 26.4 Å². The van der Waals surface area contributed by atoms with Gasteiger partial charge in [-0.3, -0.25) is 14.4 Å². The molecule has 1 aromatic carbocycles. The molecule has 2 N–H and O–H groups in total. The van der Waals surface area contributed by atoms with Crippen LogP contribution in [0, 0.1) is 0 Å². The molecule has 0 unspecified atom stereocenters. The van der Waals surface area contributed by atoms with E-state index in [0.29, 0.717) is 36.6 Å². The van der Waals surface area contributed by atoms with Crippen molar-refractivity contribution < 1.29 is 14.0 Å². The number of nitrogens with zero attached hydrogens (tertiary/aromatic N) is 1. The van der Waals surface area contributed by atoms with Crippen LogP contribution in [-0.4, -0.2) is 39.7 Å². The Morgan fingerprint density at radius 3 is 2.93 bits per heavy atom. The molecular weight excluding hydrogens is 402 g/mol. The van der Waals surface area contributed by atoms with Crippen molar-refractivity contribution in [2.75, 3.05) is 18.1 Å². The summed E-state index contributed by atoms with van der Waals surface area (Å²) < 4.78 is 5.72. The fraction of sp³-hybridized carbons (Fsp3) is 0.318. The minimum Gasteiger partial charge on any atom is -0.459 e. The smallest absolute Gasteiger partial charge is 0.261 e. The third-order valence-electron chi connectivity index (χ3n) is 5.20. The van der Waals surface area contributed by atoms with Gasteiger partial charge in [-0.15, -0.1) is 0 Å². The molecule has 0 saturated heterocycles. The molecule has 1 aliphatic rings. The average Bonchev–Trinajstić information content (AvgIpc) is 3.18. The molecule has 156 valence electrons. The van der Waals surface area contributed by atoms with Gasteiger partial charge in [0.15, 0.2) is 0 Å². The highest BCUT2D eigenvalue weighted by atomic mass is 32.2. The first-order chi connectivity index (χ1) is 14.6. The number of amides is 2. The van der Waals surface area contributed by atoms with E-state index >= 15 is 0 Å². The summed E-state index contributed by atoms with van der Waals surface area (Å²) in [6.45, 7) is 3.11. The number of furan rings is 1. The van der Waals surface area contributed by atoms with Gasteiger partial charge in [0, 0.05) is 24.7 Å². The second-order valence-corrected chi connectivity index (χ2v) is 8.41. The molecule has 30 heavy (non-hydrogen) atoms. The Balaban J connectivity index is 1.49. The van der Waals surface area contributed by atoms with Crippen molar-refractivity contribution in [2.24, 2.45) is 0 Å². The quantitative estimate of drug-likeness (QED) is 0.633. The summed E-state index contributed by atoms with van der Waals surface area (Å²) in [4.78, 5) is 42.0. The fourth-order valence-corrected chi connectivity index (χ4v) is 4.24. The number of fused-ring (bicyclic) bond motifs is 2. The van der Waals surface area contributed by atoms with Crippen LogP contribution in [0.25, 0.3) is 11.0 Å². The second kappa shape index (κ2) is 8.79. The minimum absolute atomic E-state index is 0.0783. The summed E-state index contributed by atoms with van der Waals surface area (Å²) in [5, 5.41) is 3.75. The van der Waals surface area contributed by atoms with Gasteiger partial charge in [-0.05, 0) is 35.4 Å². The fourth-order valence-electron chi connectivity index (χ4n) is 3.68. The van der Waals surface area contributed by atoms with E-state index in [1.165, 1.54) is 0 Å². The van der Waals surface area contributed by atoms with Crippen molar-refractivity contribution in [1.82, 2.24) is 15.2 Å². The van der Waals surface area contributed by atoms with Crippen molar-refractivity contribution in [1.29, 1.82) is 0 Å². The molecule has 0 aliphatic carbocycles. The van der Waals surface area contributed by atoms with Gasteiger partial charge >= 0.3 is 0 Å². The van der Waals surface area contributed by atoms with Crippen LogP contribution in [0.2, 0.25) is 0 Å². The molecule has 7 nitrogen and oxygen atoms in total. The lowest BCUT2D eigenvalue weighted by Crippen LogP contribution is -2.40. The molecule has 3 aromatic rings. The summed E-state index contributed by atoms with van der Waals surface area (Å²) in [6, 6.07) is 9.49. The summed E-state index contributed by atoms with van der Waals surface area (Å²) in [5.41, 5.74) is 1.98. The van der Waals surface area contributed by atoms with Crippen LogP contribution in [-0.2, 0) is 24.3 Å². The normalized spacial score (nSPS) is 13.3. The van der Waals surface area contributed by atoms with E-state index in [2.05, 4.69) is 10.3 Å². The molecule has 2 amide bonds. The number of carbonyl (C=O) groups is 2. The standard InChI is InChI=1S/C22H23N3O4S/c1-2-30-13-19(26)25-8-7-17-15(12-25)10-23-21(27)20(17)22(28)24-11-16-9-14-5-3-4-6-18(14)29-16/h3-6,9-10H,2,7-8,11-13H2,1H3,(H,23,27)(H,24,28). The van der Waals surface area contributed by atoms with Gasteiger partial charge in [0.05, 0.1) is 12.3 Å². The Bertz CT molecular complexity index is 1120. The molecule has 4 rings (SSSR count). The number of aromatic amines is 1.